The van der Waals surface area contributed by atoms with E-state index in [1.54, 1.807) is 0 Å². The van der Waals surface area contributed by atoms with E-state index < -0.39 is 4.92 Å². The Morgan fingerprint density at radius 3 is 2.94 bits per heavy atom. The molecule has 0 bridgehead atoms. The minimum atomic E-state index is -0.528. The minimum Gasteiger partial charge on any atom is -0.319 e. The highest BCUT2D eigenvalue weighted by atomic mass is 32.1. The summed E-state index contributed by atoms with van der Waals surface area (Å²) in [6.07, 6.45) is 2.96. The topological polar surface area (TPSA) is 101 Å². The zero-order valence-electron chi connectivity index (χ0n) is 7.84. The molecule has 1 amide bonds. The quantitative estimate of drug-likeness (QED) is 0.626. The third-order valence-corrected chi connectivity index (χ3v) is 2.79. The molecule has 0 saturated carbocycles. The van der Waals surface area contributed by atoms with E-state index >= 15 is 0 Å². The fourth-order valence-electron chi connectivity index (χ4n) is 1.06. The van der Waals surface area contributed by atoms with Crippen LogP contribution in [0.4, 0.5) is 10.7 Å². The fourth-order valence-corrected chi connectivity index (χ4v) is 1.78. The summed E-state index contributed by atoms with van der Waals surface area (Å²) in [6.45, 7) is 0. The molecule has 0 spiro atoms. The minimum absolute atomic E-state index is 0.0580. The molecule has 0 aliphatic carbocycles. The van der Waals surface area contributed by atoms with Crippen LogP contribution >= 0.6 is 11.3 Å². The zero-order valence-corrected chi connectivity index (χ0v) is 8.65. The highest BCUT2D eigenvalue weighted by molar-refractivity contribution is 7.17. The number of nitro groups is 1. The Bertz CT molecular complexity index is 519. The van der Waals surface area contributed by atoms with Gasteiger partial charge in [-0.25, -0.2) is 0 Å². The Labute approximate surface area is 93.3 Å². The second-order valence-electron chi connectivity index (χ2n) is 2.84. The first kappa shape index (κ1) is 10.3. The number of hydrogen-bond donors (Lipinski definition) is 2. The van der Waals surface area contributed by atoms with Crippen LogP contribution in [-0.4, -0.2) is 21.0 Å². The number of H-pyrrole nitrogens is 1. The summed E-state index contributed by atoms with van der Waals surface area (Å²) in [6, 6.07) is 2.72. The van der Waals surface area contributed by atoms with Gasteiger partial charge in [0.1, 0.15) is 0 Å². The molecule has 0 radical (unpaired) electrons. The fraction of sp³-hybridized carbons (Fsp3) is 0. The Kier molecular flexibility index (Phi) is 2.64. The van der Waals surface area contributed by atoms with Gasteiger partial charge in [0.15, 0.2) is 0 Å². The SMILES string of the molecule is O=C(Nc1cn[nH]c1)c1ccc([N+](=O)[O-])s1. The van der Waals surface area contributed by atoms with Gasteiger partial charge in [0.05, 0.1) is 21.7 Å². The predicted molar refractivity (Wildman–Crippen MR) is 57.5 cm³/mol. The van der Waals surface area contributed by atoms with E-state index in [0.717, 1.165) is 11.3 Å². The van der Waals surface area contributed by atoms with Crippen LogP contribution in [0.5, 0.6) is 0 Å². The Hall–Kier alpha value is -2.22. The molecular weight excluding hydrogens is 232 g/mol. The maximum Gasteiger partial charge on any atom is 0.324 e. The van der Waals surface area contributed by atoms with Crippen molar-refractivity contribution >= 4 is 27.9 Å². The molecule has 8 heteroatoms. The molecule has 2 rings (SSSR count). The van der Waals surface area contributed by atoms with Crippen molar-refractivity contribution in [1.82, 2.24) is 10.2 Å². The van der Waals surface area contributed by atoms with Crippen LogP contribution in [0.15, 0.2) is 24.5 Å². The number of thiophene rings is 1. The van der Waals surface area contributed by atoms with Gasteiger partial charge in [-0.2, -0.15) is 5.10 Å². The molecule has 0 aromatic carbocycles. The summed E-state index contributed by atoms with van der Waals surface area (Å²) in [4.78, 5) is 21.8. The van der Waals surface area contributed by atoms with Gasteiger partial charge < -0.3 is 5.32 Å². The third kappa shape index (κ3) is 2.06. The first-order chi connectivity index (χ1) is 7.66. The Balaban J connectivity index is 2.12. The average molecular weight is 238 g/mol. The molecule has 82 valence electrons. The normalized spacial score (nSPS) is 10.0. The van der Waals surface area contributed by atoms with Gasteiger partial charge in [0, 0.05) is 12.3 Å². The van der Waals surface area contributed by atoms with Gasteiger partial charge in [-0.15, -0.1) is 0 Å². The molecule has 0 fully saturated rings. The highest BCUT2D eigenvalue weighted by Crippen LogP contribution is 2.24. The predicted octanol–water partition coefficient (Wildman–Crippen LogP) is 1.63. The average Bonchev–Trinajstić information content (AvgIpc) is 2.86. The first-order valence-corrected chi connectivity index (χ1v) is 5.03. The molecule has 0 aliphatic heterocycles. The summed E-state index contributed by atoms with van der Waals surface area (Å²) in [5.74, 6) is -0.389. The van der Waals surface area contributed by atoms with E-state index in [1.165, 1.54) is 24.5 Å². The van der Waals surface area contributed by atoms with Crippen LogP contribution in [0.3, 0.4) is 0 Å². The summed E-state index contributed by atoms with van der Waals surface area (Å²) in [7, 11) is 0. The number of anilines is 1. The first-order valence-electron chi connectivity index (χ1n) is 4.21. The van der Waals surface area contributed by atoms with Crippen molar-refractivity contribution in [2.24, 2.45) is 0 Å². The van der Waals surface area contributed by atoms with Crippen molar-refractivity contribution < 1.29 is 9.72 Å². The largest absolute Gasteiger partial charge is 0.324 e. The van der Waals surface area contributed by atoms with E-state index in [9.17, 15) is 14.9 Å². The second-order valence-corrected chi connectivity index (χ2v) is 3.90. The number of aromatic nitrogens is 2. The zero-order chi connectivity index (χ0) is 11.5. The monoisotopic (exact) mass is 238 g/mol. The molecule has 16 heavy (non-hydrogen) atoms. The van der Waals surface area contributed by atoms with Crippen LogP contribution in [0.25, 0.3) is 0 Å². The van der Waals surface area contributed by atoms with Gasteiger partial charge in [-0.1, -0.05) is 11.3 Å². The molecule has 0 atom stereocenters. The Morgan fingerprint density at radius 2 is 2.38 bits per heavy atom. The van der Waals surface area contributed by atoms with Crippen LogP contribution in [-0.2, 0) is 0 Å². The molecule has 2 aromatic heterocycles. The summed E-state index contributed by atoms with van der Waals surface area (Å²) >= 11 is 0.829. The van der Waals surface area contributed by atoms with Crippen molar-refractivity contribution in [3.05, 3.63) is 39.5 Å². The van der Waals surface area contributed by atoms with Crippen molar-refractivity contribution in [2.75, 3.05) is 5.32 Å². The maximum absolute atomic E-state index is 11.6. The van der Waals surface area contributed by atoms with E-state index in [-0.39, 0.29) is 15.8 Å². The van der Waals surface area contributed by atoms with Crippen LogP contribution in [0, 0.1) is 10.1 Å². The molecule has 2 N–H and O–H groups in total. The lowest BCUT2D eigenvalue weighted by Crippen LogP contribution is -2.09. The van der Waals surface area contributed by atoms with Crippen LogP contribution < -0.4 is 5.32 Å². The summed E-state index contributed by atoms with van der Waals surface area (Å²) in [5, 5.41) is 19.1. The number of carbonyl (C=O) groups excluding carboxylic acids is 1. The lowest BCUT2D eigenvalue weighted by Gasteiger charge is -1.97. The number of amides is 1. The molecule has 2 heterocycles. The highest BCUT2D eigenvalue weighted by Gasteiger charge is 2.15. The molecule has 0 saturated heterocycles. The van der Waals surface area contributed by atoms with Crippen molar-refractivity contribution in [2.45, 2.75) is 0 Å². The van der Waals surface area contributed by atoms with E-state index in [0.29, 0.717) is 5.69 Å². The number of nitrogens with one attached hydrogen (secondary N) is 2. The van der Waals surface area contributed by atoms with Gasteiger partial charge >= 0.3 is 5.00 Å². The number of carbonyl (C=O) groups is 1. The third-order valence-electron chi connectivity index (χ3n) is 1.75. The smallest absolute Gasteiger partial charge is 0.319 e. The van der Waals surface area contributed by atoms with E-state index in [4.69, 9.17) is 0 Å². The number of hydrogen-bond acceptors (Lipinski definition) is 5. The van der Waals surface area contributed by atoms with Crippen molar-refractivity contribution in [3.8, 4) is 0 Å². The molecule has 0 unspecified atom stereocenters. The van der Waals surface area contributed by atoms with Gasteiger partial charge in [-0.3, -0.25) is 20.0 Å². The molecule has 7 nitrogen and oxygen atoms in total. The molecule has 0 aliphatic rings. The van der Waals surface area contributed by atoms with Crippen LogP contribution in [0.2, 0.25) is 0 Å². The standard InChI is InChI=1S/C8H6N4O3S/c13-8(11-5-3-9-10-4-5)6-1-2-7(16-6)12(14)15/h1-4H,(H,9,10)(H,11,13). The number of nitrogens with zero attached hydrogens (tertiary/aromatic N) is 2. The van der Waals surface area contributed by atoms with Crippen molar-refractivity contribution in [1.29, 1.82) is 0 Å². The van der Waals surface area contributed by atoms with Gasteiger partial charge in [0.25, 0.3) is 5.91 Å². The summed E-state index contributed by atoms with van der Waals surface area (Å²) < 4.78 is 0. The van der Waals surface area contributed by atoms with E-state index in [1.807, 2.05) is 0 Å². The van der Waals surface area contributed by atoms with Gasteiger partial charge in [0.2, 0.25) is 0 Å². The van der Waals surface area contributed by atoms with Gasteiger partial charge in [-0.05, 0) is 6.07 Å². The summed E-state index contributed by atoms with van der Waals surface area (Å²) in [5.41, 5.74) is 0.515. The van der Waals surface area contributed by atoms with Crippen LogP contribution in [0.1, 0.15) is 9.67 Å². The van der Waals surface area contributed by atoms with Crippen molar-refractivity contribution in [3.63, 3.8) is 0 Å². The number of rotatable bonds is 3. The lowest BCUT2D eigenvalue weighted by molar-refractivity contribution is -0.380. The lowest BCUT2D eigenvalue weighted by atomic mass is 10.4. The molecule has 2 aromatic rings. The number of aromatic amines is 1. The maximum atomic E-state index is 11.6. The van der Waals surface area contributed by atoms with E-state index in [2.05, 4.69) is 15.5 Å². The molecular formula is C8H6N4O3S. The Morgan fingerprint density at radius 1 is 1.56 bits per heavy atom. The second kappa shape index (κ2) is 4.11.